The van der Waals surface area contributed by atoms with Gasteiger partial charge < -0.3 is 20.5 Å². The van der Waals surface area contributed by atoms with Crippen LogP contribution >= 0.6 is 0 Å². The van der Waals surface area contributed by atoms with Crippen molar-refractivity contribution in [3.8, 4) is 5.75 Å². The van der Waals surface area contributed by atoms with Crippen molar-refractivity contribution in [3.05, 3.63) is 23.8 Å². The molecule has 6 nitrogen and oxygen atoms in total. The lowest BCUT2D eigenvalue weighted by atomic mass is 10.1. The summed E-state index contributed by atoms with van der Waals surface area (Å²) in [5.41, 5.74) is 6.09. The van der Waals surface area contributed by atoms with Crippen molar-refractivity contribution in [2.75, 3.05) is 25.9 Å². The first-order valence-corrected chi connectivity index (χ1v) is 5.44. The number of phenolic OH excluding ortho intramolecular Hbond substituents is 1. The molecule has 0 saturated heterocycles. The van der Waals surface area contributed by atoms with Crippen molar-refractivity contribution in [1.29, 1.82) is 0 Å². The molecule has 0 bridgehead atoms. The van der Waals surface area contributed by atoms with Crippen LogP contribution in [0.2, 0.25) is 0 Å². The maximum atomic E-state index is 12.1. The smallest absolute Gasteiger partial charge is 0.325 e. The van der Waals surface area contributed by atoms with E-state index in [-0.39, 0.29) is 23.5 Å². The molecule has 1 aromatic carbocycles. The van der Waals surface area contributed by atoms with Crippen LogP contribution in [0.25, 0.3) is 0 Å². The van der Waals surface area contributed by atoms with Crippen LogP contribution < -0.4 is 5.73 Å². The number of nitrogens with two attached hydrogens (primary N) is 1. The van der Waals surface area contributed by atoms with Gasteiger partial charge in [0, 0.05) is 12.2 Å². The van der Waals surface area contributed by atoms with Crippen LogP contribution in [0.5, 0.6) is 5.75 Å². The van der Waals surface area contributed by atoms with E-state index in [4.69, 9.17) is 5.73 Å². The summed E-state index contributed by atoms with van der Waals surface area (Å²) in [6.45, 7) is 1.92. The maximum absolute atomic E-state index is 12.1. The lowest BCUT2D eigenvalue weighted by molar-refractivity contribution is -0.141. The number of anilines is 1. The van der Waals surface area contributed by atoms with Gasteiger partial charge in [0.25, 0.3) is 5.91 Å². The molecule has 0 radical (unpaired) electrons. The minimum Gasteiger partial charge on any atom is -0.508 e. The Morgan fingerprint density at radius 2 is 2.11 bits per heavy atom. The van der Waals surface area contributed by atoms with E-state index in [0.717, 1.165) is 0 Å². The van der Waals surface area contributed by atoms with Gasteiger partial charge in [-0.3, -0.25) is 9.59 Å². The molecule has 0 saturated carbocycles. The van der Waals surface area contributed by atoms with Gasteiger partial charge in [0.15, 0.2) is 0 Å². The molecule has 6 heteroatoms. The fraction of sp³-hybridized carbons (Fsp3) is 0.333. The van der Waals surface area contributed by atoms with Gasteiger partial charge in [0.2, 0.25) is 0 Å². The molecule has 98 valence electrons. The lowest BCUT2D eigenvalue weighted by Gasteiger charge is -2.20. The van der Waals surface area contributed by atoms with Crippen LogP contribution in [0.1, 0.15) is 17.3 Å². The van der Waals surface area contributed by atoms with Gasteiger partial charge in [-0.15, -0.1) is 0 Å². The lowest BCUT2D eigenvalue weighted by Crippen LogP contribution is -2.36. The van der Waals surface area contributed by atoms with E-state index in [1.165, 1.54) is 30.2 Å². The van der Waals surface area contributed by atoms with E-state index >= 15 is 0 Å². The third kappa shape index (κ3) is 3.13. The molecule has 0 aliphatic carbocycles. The molecule has 0 spiro atoms. The van der Waals surface area contributed by atoms with Gasteiger partial charge >= 0.3 is 5.97 Å². The van der Waals surface area contributed by atoms with Crippen LogP contribution in [-0.2, 0) is 9.53 Å². The Morgan fingerprint density at radius 1 is 1.44 bits per heavy atom. The first-order valence-electron chi connectivity index (χ1n) is 5.44. The molecular formula is C12H16N2O4. The molecule has 0 heterocycles. The van der Waals surface area contributed by atoms with Crippen molar-refractivity contribution in [1.82, 2.24) is 4.90 Å². The number of likely N-dealkylation sites (N-methyl/N-ethyl adjacent to an activating group) is 1. The molecule has 18 heavy (non-hydrogen) atoms. The number of esters is 1. The Bertz CT molecular complexity index is 459. The minimum atomic E-state index is -0.510. The number of nitrogen functional groups attached to an aromatic ring is 1. The Hall–Kier alpha value is -2.24. The number of nitrogens with zero attached hydrogens (tertiary/aromatic N) is 1. The second-order valence-corrected chi connectivity index (χ2v) is 3.67. The normalized spacial score (nSPS) is 9.89. The summed E-state index contributed by atoms with van der Waals surface area (Å²) in [4.78, 5) is 24.6. The van der Waals surface area contributed by atoms with E-state index in [1.54, 1.807) is 6.92 Å². The average molecular weight is 252 g/mol. The highest BCUT2D eigenvalue weighted by atomic mass is 16.5. The Balaban J connectivity index is 2.96. The fourth-order valence-corrected chi connectivity index (χ4v) is 1.45. The Kier molecular flexibility index (Phi) is 4.53. The molecule has 0 fully saturated rings. The van der Waals surface area contributed by atoms with E-state index in [9.17, 15) is 14.7 Å². The van der Waals surface area contributed by atoms with E-state index in [2.05, 4.69) is 4.74 Å². The molecule has 0 aliphatic rings. The number of rotatable bonds is 4. The zero-order valence-electron chi connectivity index (χ0n) is 10.3. The molecule has 0 atom stereocenters. The number of hydrogen-bond donors (Lipinski definition) is 2. The highest BCUT2D eigenvalue weighted by Gasteiger charge is 2.20. The summed E-state index contributed by atoms with van der Waals surface area (Å²) in [6, 6.07) is 4.11. The first-order chi connectivity index (χ1) is 8.49. The molecule has 0 unspecified atom stereocenters. The molecule has 0 aliphatic heterocycles. The monoisotopic (exact) mass is 252 g/mol. The second kappa shape index (κ2) is 5.90. The summed E-state index contributed by atoms with van der Waals surface area (Å²) in [5.74, 6) is -0.984. The van der Waals surface area contributed by atoms with Crippen molar-refractivity contribution in [2.24, 2.45) is 0 Å². The van der Waals surface area contributed by atoms with Gasteiger partial charge in [-0.1, -0.05) is 0 Å². The number of carbonyl (C=O) groups is 2. The highest BCUT2D eigenvalue weighted by Crippen LogP contribution is 2.20. The summed E-state index contributed by atoms with van der Waals surface area (Å²) in [6.07, 6.45) is 0. The van der Waals surface area contributed by atoms with Gasteiger partial charge in [-0.25, -0.2) is 0 Å². The number of carbonyl (C=O) groups excluding carboxylic acids is 2. The van der Waals surface area contributed by atoms with E-state index in [0.29, 0.717) is 6.54 Å². The summed E-state index contributed by atoms with van der Waals surface area (Å²) < 4.78 is 4.51. The third-order valence-electron chi connectivity index (χ3n) is 2.48. The number of benzene rings is 1. The predicted octanol–water partition coefficient (Wildman–Crippen LogP) is 0.609. The first kappa shape index (κ1) is 13.8. The van der Waals surface area contributed by atoms with Gasteiger partial charge in [0.1, 0.15) is 12.3 Å². The minimum absolute atomic E-state index is 0.0540. The van der Waals surface area contributed by atoms with Crippen molar-refractivity contribution < 1.29 is 19.4 Å². The van der Waals surface area contributed by atoms with Crippen LogP contribution in [0, 0.1) is 0 Å². The Morgan fingerprint density at radius 3 is 2.67 bits per heavy atom. The van der Waals surface area contributed by atoms with Crippen LogP contribution in [0.3, 0.4) is 0 Å². The quantitative estimate of drug-likeness (QED) is 0.465. The standard InChI is InChI=1S/C12H16N2O4/c1-3-14(7-11(16)18-2)12(17)9-6-8(15)4-5-10(9)13/h4-6,15H,3,7,13H2,1-2H3. The number of methoxy groups -OCH3 is 1. The zero-order valence-corrected chi connectivity index (χ0v) is 10.3. The van der Waals surface area contributed by atoms with Gasteiger partial charge in [-0.2, -0.15) is 0 Å². The summed E-state index contributed by atoms with van der Waals surface area (Å²) >= 11 is 0. The molecule has 0 aromatic heterocycles. The zero-order chi connectivity index (χ0) is 13.7. The largest absolute Gasteiger partial charge is 0.508 e. The van der Waals surface area contributed by atoms with Crippen LogP contribution in [-0.4, -0.2) is 42.1 Å². The maximum Gasteiger partial charge on any atom is 0.325 e. The summed E-state index contributed by atoms with van der Waals surface area (Å²) in [5, 5.41) is 9.35. The number of aromatic hydroxyl groups is 1. The van der Waals surface area contributed by atoms with Crippen LogP contribution in [0.15, 0.2) is 18.2 Å². The molecular weight excluding hydrogens is 236 g/mol. The fourth-order valence-electron chi connectivity index (χ4n) is 1.45. The topological polar surface area (TPSA) is 92.9 Å². The molecule has 3 N–H and O–H groups in total. The summed E-state index contributed by atoms with van der Waals surface area (Å²) in [7, 11) is 1.25. The van der Waals surface area contributed by atoms with Crippen LogP contribution in [0.4, 0.5) is 5.69 Å². The van der Waals surface area contributed by atoms with Gasteiger partial charge in [0.05, 0.1) is 12.7 Å². The highest BCUT2D eigenvalue weighted by molar-refractivity contribution is 6.00. The SMILES string of the molecule is CCN(CC(=O)OC)C(=O)c1cc(O)ccc1N. The van der Waals surface area contributed by atoms with Gasteiger partial charge in [-0.05, 0) is 25.1 Å². The second-order valence-electron chi connectivity index (χ2n) is 3.67. The van der Waals surface area contributed by atoms with E-state index in [1.807, 2.05) is 0 Å². The number of hydrogen-bond acceptors (Lipinski definition) is 5. The molecule has 1 aromatic rings. The Labute approximate surface area is 105 Å². The third-order valence-corrected chi connectivity index (χ3v) is 2.48. The number of amides is 1. The molecule has 1 rings (SSSR count). The van der Waals surface area contributed by atoms with Crippen molar-refractivity contribution in [2.45, 2.75) is 6.92 Å². The molecule has 1 amide bonds. The van der Waals surface area contributed by atoms with Crippen molar-refractivity contribution >= 4 is 17.6 Å². The van der Waals surface area contributed by atoms with Crippen molar-refractivity contribution in [3.63, 3.8) is 0 Å². The average Bonchev–Trinajstić information content (AvgIpc) is 2.37. The van der Waals surface area contributed by atoms with E-state index < -0.39 is 11.9 Å². The predicted molar refractivity (Wildman–Crippen MR) is 66.1 cm³/mol. The number of phenols is 1. The number of ether oxygens (including phenoxy) is 1.